The lowest BCUT2D eigenvalue weighted by atomic mass is 10.0. The molecule has 0 amide bonds. The van der Waals surface area contributed by atoms with Gasteiger partial charge < -0.3 is 23.8 Å². The van der Waals surface area contributed by atoms with Gasteiger partial charge in [0.05, 0.1) is 33.6 Å². The van der Waals surface area contributed by atoms with Crippen molar-refractivity contribution < 1.29 is 18.9 Å². The van der Waals surface area contributed by atoms with Crippen LogP contribution < -0.4 is 14.2 Å². The molecule has 0 aliphatic carbocycles. The summed E-state index contributed by atoms with van der Waals surface area (Å²) in [7, 11) is 10.7. The van der Waals surface area contributed by atoms with Gasteiger partial charge >= 0.3 is 0 Å². The van der Waals surface area contributed by atoms with Crippen LogP contribution in [-0.4, -0.2) is 63.3 Å². The molecule has 2 aromatic rings. The second-order valence-electron chi connectivity index (χ2n) is 5.89. The predicted molar refractivity (Wildman–Crippen MR) is 95.7 cm³/mol. The molecule has 1 heterocycles. The lowest BCUT2D eigenvalue weighted by Gasteiger charge is -2.22. The van der Waals surface area contributed by atoms with E-state index in [1.54, 1.807) is 27.5 Å². The van der Waals surface area contributed by atoms with Gasteiger partial charge in [-0.25, -0.2) is 0 Å². The highest BCUT2D eigenvalue weighted by atomic mass is 16.5. The average molecular weight is 349 g/mol. The van der Waals surface area contributed by atoms with Crippen molar-refractivity contribution >= 4 is 0 Å². The minimum atomic E-state index is -0.291. The van der Waals surface area contributed by atoms with E-state index in [9.17, 15) is 0 Å². The van der Waals surface area contributed by atoms with Crippen LogP contribution >= 0.6 is 0 Å². The third kappa shape index (κ3) is 4.43. The number of benzene rings is 1. The Morgan fingerprint density at radius 1 is 1.08 bits per heavy atom. The van der Waals surface area contributed by atoms with Crippen molar-refractivity contribution in [3.8, 4) is 17.2 Å². The molecule has 0 aliphatic heterocycles. The highest BCUT2D eigenvalue weighted by molar-refractivity contribution is 5.55. The van der Waals surface area contributed by atoms with E-state index in [0.29, 0.717) is 23.9 Å². The van der Waals surface area contributed by atoms with Crippen LogP contribution in [0, 0.1) is 0 Å². The summed E-state index contributed by atoms with van der Waals surface area (Å²) in [5, 5.41) is 4.26. The summed E-state index contributed by atoms with van der Waals surface area (Å²) in [5.41, 5.74) is 1.87. The number of ether oxygens (including phenoxy) is 4. The maximum absolute atomic E-state index is 6.18. The van der Waals surface area contributed by atoms with E-state index in [0.717, 1.165) is 17.8 Å². The van der Waals surface area contributed by atoms with Crippen LogP contribution in [0.5, 0.6) is 17.2 Å². The van der Waals surface area contributed by atoms with Crippen molar-refractivity contribution in [2.24, 2.45) is 7.05 Å². The number of hydrogen-bond donors (Lipinski definition) is 0. The highest BCUT2D eigenvalue weighted by Gasteiger charge is 2.23. The first-order chi connectivity index (χ1) is 12.0. The zero-order valence-corrected chi connectivity index (χ0v) is 15.8. The molecule has 0 N–H and O–H groups in total. The van der Waals surface area contributed by atoms with Crippen LogP contribution in [0.2, 0.25) is 0 Å². The monoisotopic (exact) mass is 349 g/mol. The number of aromatic nitrogens is 2. The lowest BCUT2D eigenvalue weighted by Crippen LogP contribution is -2.21. The van der Waals surface area contributed by atoms with Gasteiger partial charge in [-0.3, -0.25) is 4.68 Å². The first-order valence-corrected chi connectivity index (χ1v) is 8.06. The van der Waals surface area contributed by atoms with Crippen LogP contribution in [0.1, 0.15) is 17.4 Å². The molecule has 1 aromatic carbocycles. The number of likely N-dealkylation sites (N-methyl/N-ethyl adjacent to an activating group) is 1. The normalized spacial score (nSPS) is 12.3. The third-order valence-electron chi connectivity index (χ3n) is 3.94. The lowest BCUT2D eigenvalue weighted by molar-refractivity contribution is 0.0635. The summed E-state index contributed by atoms with van der Waals surface area (Å²) in [6.45, 7) is 1.40. The van der Waals surface area contributed by atoms with E-state index in [-0.39, 0.29) is 6.10 Å². The molecule has 2 rings (SSSR count). The Morgan fingerprint density at radius 3 is 2.16 bits per heavy atom. The molecule has 0 radical (unpaired) electrons. The minimum Gasteiger partial charge on any atom is -0.493 e. The molecule has 0 saturated heterocycles. The number of hydrogen-bond acceptors (Lipinski definition) is 6. The van der Waals surface area contributed by atoms with Gasteiger partial charge in [0.2, 0.25) is 5.75 Å². The molecule has 1 unspecified atom stereocenters. The Bertz CT molecular complexity index is 660. The first-order valence-electron chi connectivity index (χ1n) is 8.06. The van der Waals surface area contributed by atoms with E-state index >= 15 is 0 Å². The van der Waals surface area contributed by atoms with E-state index in [1.807, 2.05) is 44.0 Å². The smallest absolute Gasteiger partial charge is 0.203 e. The molecule has 0 aliphatic rings. The molecule has 7 heteroatoms. The second kappa shape index (κ2) is 8.73. The maximum atomic E-state index is 6.18. The Labute approximate surface area is 149 Å². The molecule has 0 spiro atoms. The first kappa shape index (κ1) is 19.1. The van der Waals surface area contributed by atoms with Crippen LogP contribution in [0.25, 0.3) is 0 Å². The summed E-state index contributed by atoms with van der Waals surface area (Å²) in [5.74, 6) is 1.76. The molecule has 0 fully saturated rings. The number of rotatable bonds is 9. The molecule has 1 atom stereocenters. The molecule has 0 saturated carbocycles. The van der Waals surface area contributed by atoms with Crippen molar-refractivity contribution in [2.45, 2.75) is 6.10 Å². The van der Waals surface area contributed by atoms with E-state index in [4.69, 9.17) is 18.9 Å². The third-order valence-corrected chi connectivity index (χ3v) is 3.94. The van der Waals surface area contributed by atoms with Crippen molar-refractivity contribution in [2.75, 3.05) is 48.6 Å². The van der Waals surface area contributed by atoms with Gasteiger partial charge in [-0.05, 0) is 37.9 Å². The SMILES string of the molecule is COc1cc(C(OCCN(C)C)c2ccnn2C)cc(OC)c1OC. The maximum Gasteiger partial charge on any atom is 0.203 e. The van der Waals surface area contributed by atoms with Crippen LogP contribution in [0.15, 0.2) is 24.4 Å². The Balaban J connectivity index is 2.44. The summed E-state index contributed by atoms with van der Waals surface area (Å²) in [6, 6.07) is 5.77. The van der Waals surface area contributed by atoms with Gasteiger partial charge in [-0.1, -0.05) is 0 Å². The van der Waals surface area contributed by atoms with E-state index < -0.39 is 0 Å². The fourth-order valence-electron chi connectivity index (χ4n) is 2.60. The van der Waals surface area contributed by atoms with Gasteiger partial charge in [0, 0.05) is 19.8 Å². The zero-order valence-electron chi connectivity index (χ0n) is 15.8. The van der Waals surface area contributed by atoms with Crippen LogP contribution in [-0.2, 0) is 11.8 Å². The quantitative estimate of drug-likeness (QED) is 0.691. The number of methoxy groups -OCH3 is 3. The van der Waals surface area contributed by atoms with Crippen molar-refractivity contribution in [3.05, 3.63) is 35.7 Å². The van der Waals surface area contributed by atoms with Crippen molar-refractivity contribution in [3.63, 3.8) is 0 Å². The minimum absolute atomic E-state index is 0.291. The van der Waals surface area contributed by atoms with Gasteiger partial charge in [-0.15, -0.1) is 0 Å². The standard InChI is InChI=1S/C18H27N3O4/c1-20(2)9-10-25-17(14-7-8-19-21(14)3)13-11-15(22-4)18(24-6)16(12-13)23-5/h7-8,11-12,17H,9-10H2,1-6H3. The Morgan fingerprint density at radius 2 is 1.72 bits per heavy atom. The summed E-state index contributed by atoms with van der Waals surface area (Å²) in [6.07, 6.45) is 1.47. The molecular formula is C18H27N3O4. The molecular weight excluding hydrogens is 322 g/mol. The molecule has 7 nitrogen and oxygen atoms in total. The van der Waals surface area contributed by atoms with Crippen LogP contribution in [0.4, 0.5) is 0 Å². The van der Waals surface area contributed by atoms with Gasteiger partial charge in [0.25, 0.3) is 0 Å². The molecule has 138 valence electrons. The Kier molecular flexibility index (Phi) is 6.66. The number of nitrogens with zero attached hydrogens (tertiary/aromatic N) is 3. The predicted octanol–water partition coefficient (Wildman–Crippen LogP) is 2.11. The van der Waals surface area contributed by atoms with Gasteiger partial charge in [-0.2, -0.15) is 5.10 Å². The topological polar surface area (TPSA) is 58.0 Å². The average Bonchev–Trinajstić information content (AvgIpc) is 3.02. The molecule has 1 aromatic heterocycles. The fraction of sp³-hybridized carbons (Fsp3) is 0.500. The van der Waals surface area contributed by atoms with Crippen LogP contribution in [0.3, 0.4) is 0 Å². The van der Waals surface area contributed by atoms with E-state index in [1.165, 1.54) is 0 Å². The fourth-order valence-corrected chi connectivity index (χ4v) is 2.60. The summed E-state index contributed by atoms with van der Waals surface area (Å²) < 4.78 is 24.3. The van der Waals surface area contributed by atoms with Crippen molar-refractivity contribution in [1.82, 2.24) is 14.7 Å². The zero-order chi connectivity index (χ0) is 18.4. The molecule has 25 heavy (non-hydrogen) atoms. The molecule has 0 bridgehead atoms. The van der Waals surface area contributed by atoms with Gasteiger partial charge in [0.1, 0.15) is 6.10 Å². The van der Waals surface area contributed by atoms with Gasteiger partial charge in [0.15, 0.2) is 11.5 Å². The number of aryl methyl sites for hydroxylation is 1. The summed E-state index contributed by atoms with van der Waals surface area (Å²) >= 11 is 0. The Hall–Kier alpha value is -2.25. The van der Waals surface area contributed by atoms with E-state index in [2.05, 4.69) is 10.00 Å². The largest absolute Gasteiger partial charge is 0.493 e. The highest BCUT2D eigenvalue weighted by Crippen LogP contribution is 2.41. The summed E-state index contributed by atoms with van der Waals surface area (Å²) in [4.78, 5) is 2.08. The van der Waals surface area contributed by atoms with Crippen molar-refractivity contribution in [1.29, 1.82) is 0 Å². The second-order valence-corrected chi connectivity index (χ2v) is 5.89.